The highest BCUT2D eigenvalue weighted by molar-refractivity contribution is 7.99. The number of hydrogen-bond acceptors (Lipinski definition) is 4. The van der Waals surface area contributed by atoms with Crippen LogP contribution < -0.4 is 5.73 Å². The van der Waals surface area contributed by atoms with Gasteiger partial charge in [0.05, 0.1) is 6.26 Å². The molecule has 1 heterocycles. The summed E-state index contributed by atoms with van der Waals surface area (Å²) in [5.74, 6) is 1.05. The Balaban J connectivity index is 1.87. The van der Waals surface area contributed by atoms with Gasteiger partial charge in [0, 0.05) is 4.90 Å². The Labute approximate surface area is 111 Å². The Morgan fingerprint density at radius 2 is 2.50 bits per heavy atom. The summed E-state index contributed by atoms with van der Waals surface area (Å²) in [7, 11) is 0. The zero-order valence-electron chi connectivity index (χ0n) is 10.5. The Bertz CT molecular complexity index is 432. The van der Waals surface area contributed by atoms with Gasteiger partial charge in [0.1, 0.15) is 11.3 Å². The van der Waals surface area contributed by atoms with Gasteiger partial charge in [-0.05, 0) is 43.9 Å². The molecule has 0 spiro atoms. The van der Waals surface area contributed by atoms with Crippen LogP contribution in [0.2, 0.25) is 0 Å². The Kier molecular flexibility index (Phi) is 4.02. The maximum absolute atomic E-state index is 11.2. The molecule has 3 N–H and O–H groups in total. The van der Waals surface area contributed by atoms with Gasteiger partial charge in [-0.15, -0.1) is 11.8 Å². The van der Waals surface area contributed by atoms with Crippen LogP contribution in [0.4, 0.5) is 0 Å². The van der Waals surface area contributed by atoms with Gasteiger partial charge >= 0.3 is 5.97 Å². The monoisotopic (exact) mass is 269 g/mol. The van der Waals surface area contributed by atoms with Crippen molar-refractivity contribution < 1.29 is 14.3 Å². The zero-order chi connectivity index (χ0) is 13.2. The van der Waals surface area contributed by atoms with E-state index in [2.05, 4.69) is 0 Å². The van der Waals surface area contributed by atoms with E-state index >= 15 is 0 Å². The summed E-state index contributed by atoms with van der Waals surface area (Å²) >= 11 is 1.71. The van der Waals surface area contributed by atoms with Crippen LogP contribution in [0.25, 0.3) is 0 Å². The van der Waals surface area contributed by atoms with Crippen LogP contribution in [0, 0.1) is 12.8 Å². The summed E-state index contributed by atoms with van der Waals surface area (Å²) in [5, 5.41) is 9.22. The minimum Gasteiger partial charge on any atom is -0.480 e. The van der Waals surface area contributed by atoms with Gasteiger partial charge in [0.2, 0.25) is 0 Å². The summed E-state index contributed by atoms with van der Waals surface area (Å²) < 4.78 is 5.23. The van der Waals surface area contributed by atoms with Crippen LogP contribution in [0.15, 0.2) is 21.6 Å². The first-order valence-corrected chi connectivity index (χ1v) is 7.22. The number of carbonyl (C=O) groups is 1. The maximum Gasteiger partial charge on any atom is 0.323 e. The fourth-order valence-electron chi connectivity index (χ4n) is 2.62. The molecule has 0 saturated heterocycles. The molecule has 2 unspecified atom stereocenters. The molecule has 1 saturated carbocycles. The number of thioether (sulfide) groups is 1. The van der Waals surface area contributed by atoms with Crippen LogP contribution in [-0.4, -0.2) is 22.4 Å². The third-order valence-corrected chi connectivity index (χ3v) is 4.98. The Morgan fingerprint density at radius 1 is 1.72 bits per heavy atom. The minimum absolute atomic E-state index is 0.0923. The fourth-order valence-corrected chi connectivity index (χ4v) is 3.65. The van der Waals surface area contributed by atoms with Gasteiger partial charge in [-0.25, -0.2) is 0 Å². The smallest absolute Gasteiger partial charge is 0.323 e. The van der Waals surface area contributed by atoms with Crippen LogP contribution in [0.5, 0.6) is 0 Å². The van der Waals surface area contributed by atoms with Crippen molar-refractivity contribution in [2.45, 2.75) is 43.0 Å². The Hall–Kier alpha value is -0.940. The fraction of sp³-hybridized carbons (Fsp3) is 0.615. The van der Waals surface area contributed by atoms with E-state index in [9.17, 15) is 9.90 Å². The lowest BCUT2D eigenvalue weighted by Crippen LogP contribution is -2.51. The Morgan fingerprint density at radius 3 is 3.11 bits per heavy atom. The second kappa shape index (κ2) is 5.36. The molecule has 1 aliphatic carbocycles. The summed E-state index contributed by atoms with van der Waals surface area (Å²) in [6.07, 6.45) is 4.97. The van der Waals surface area contributed by atoms with Crippen LogP contribution >= 0.6 is 11.8 Å². The van der Waals surface area contributed by atoms with Crippen LogP contribution in [0.1, 0.15) is 31.4 Å². The van der Waals surface area contributed by atoms with Crippen molar-refractivity contribution in [3.63, 3.8) is 0 Å². The van der Waals surface area contributed by atoms with Crippen molar-refractivity contribution in [1.82, 2.24) is 0 Å². The molecule has 4 nitrogen and oxygen atoms in total. The molecule has 5 heteroatoms. The lowest BCUT2D eigenvalue weighted by Gasteiger charge is -2.26. The number of aliphatic carboxylic acids is 1. The predicted octanol–water partition coefficient (Wildman–Crippen LogP) is 2.65. The number of furan rings is 1. The topological polar surface area (TPSA) is 76.5 Å². The van der Waals surface area contributed by atoms with E-state index in [-0.39, 0.29) is 5.92 Å². The molecule has 0 aliphatic heterocycles. The number of carboxylic acids is 1. The highest BCUT2D eigenvalue weighted by Crippen LogP contribution is 2.37. The average molecular weight is 269 g/mol. The molecule has 0 radical (unpaired) electrons. The first kappa shape index (κ1) is 13.5. The molecule has 0 bridgehead atoms. The predicted molar refractivity (Wildman–Crippen MR) is 70.7 cm³/mol. The van der Waals surface area contributed by atoms with E-state index in [0.717, 1.165) is 35.7 Å². The minimum atomic E-state index is -1.01. The number of rotatable bonds is 5. The average Bonchev–Trinajstić information content (AvgIpc) is 2.88. The molecule has 1 aromatic rings. The molecule has 1 aliphatic rings. The molecule has 0 amide bonds. The van der Waals surface area contributed by atoms with E-state index in [1.54, 1.807) is 18.0 Å². The molecule has 1 aromatic heterocycles. The van der Waals surface area contributed by atoms with Crippen molar-refractivity contribution in [3.8, 4) is 0 Å². The second-order valence-electron chi connectivity index (χ2n) is 4.91. The quantitative estimate of drug-likeness (QED) is 0.804. The first-order chi connectivity index (χ1) is 8.54. The number of aryl methyl sites for hydroxylation is 1. The zero-order valence-corrected chi connectivity index (χ0v) is 11.3. The van der Waals surface area contributed by atoms with E-state index in [1.807, 2.05) is 13.0 Å². The van der Waals surface area contributed by atoms with Gasteiger partial charge in [0.15, 0.2) is 0 Å². The highest BCUT2D eigenvalue weighted by atomic mass is 32.2. The molecule has 2 atom stereocenters. The summed E-state index contributed by atoms with van der Waals surface area (Å²) in [6, 6.07) is 1.95. The van der Waals surface area contributed by atoms with Gasteiger partial charge in [-0.1, -0.05) is 6.42 Å². The number of nitrogens with two attached hydrogens (primary N) is 1. The van der Waals surface area contributed by atoms with E-state index in [1.165, 1.54) is 0 Å². The van der Waals surface area contributed by atoms with Crippen molar-refractivity contribution >= 4 is 17.7 Å². The third kappa shape index (κ3) is 2.57. The SMILES string of the molecule is Cc1occc1SCCC1CCCC1(N)C(=O)O. The summed E-state index contributed by atoms with van der Waals surface area (Å²) in [6.45, 7) is 1.93. The van der Waals surface area contributed by atoms with Gasteiger partial charge in [-0.3, -0.25) is 4.79 Å². The molecule has 100 valence electrons. The van der Waals surface area contributed by atoms with Crippen molar-refractivity contribution in [2.75, 3.05) is 5.75 Å². The molecular weight excluding hydrogens is 250 g/mol. The van der Waals surface area contributed by atoms with Crippen LogP contribution in [0.3, 0.4) is 0 Å². The standard InChI is InChI=1S/C13H19NO3S/c1-9-11(4-7-17-9)18-8-5-10-3-2-6-13(10,14)12(15)16/h4,7,10H,2-3,5-6,8,14H2,1H3,(H,15,16). The molecular formula is C13H19NO3S. The normalized spacial score (nSPS) is 27.6. The van der Waals surface area contributed by atoms with E-state index in [0.29, 0.717) is 6.42 Å². The molecule has 1 fully saturated rings. The summed E-state index contributed by atoms with van der Waals surface area (Å²) in [5.41, 5.74) is 5.00. The molecule has 18 heavy (non-hydrogen) atoms. The van der Waals surface area contributed by atoms with Gasteiger partial charge < -0.3 is 15.3 Å². The summed E-state index contributed by atoms with van der Waals surface area (Å²) in [4.78, 5) is 12.4. The van der Waals surface area contributed by atoms with Crippen molar-refractivity contribution in [3.05, 3.63) is 18.1 Å². The maximum atomic E-state index is 11.2. The third-order valence-electron chi connectivity index (χ3n) is 3.80. The molecule has 2 rings (SSSR count). The van der Waals surface area contributed by atoms with Crippen LogP contribution in [-0.2, 0) is 4.79 Å². The lowest BCUT2D eigenvalue weighted by molar-refractivity contribution is -0.144. The second-order valence-corrected chi connectivity index (χ2v) is 6.05. The number of hydrogen-bond donors (Lipinski definition) is 2. The van der Waals surface area contributed by atoms with E-state index in [4.69, 9.17) is 10.2 Å². The van der Waals surface area contributed by atoms with E-state index < -0.39 is 11.5 Å². The molecule has 0 aromatic carbocycles. The lowest BCUT2D eigenvalue weighted by atomic mass is 9.86. The van der Waals surface area contributed by atoms with Crippen molar-refractivity contribution in [1.29, 1.82) is 0 Å². The number of carboxylic acid groups (broad SMARTS) is 1. The highest BCUT2D eigenvalue weighted by Gasteiger charge is 2.45. The van der Waals surface area contributed by atoms with Crippen molar-refractivity contribution in [2.24, 2.45) is 11.7 Å². The van der Waals surface area contributed by atoms with Gasteiger partial charge in [-0.2, -0.15) is 0 Å². The first-order valence-electron chi connectivity index (χ1n) is 6.23. The largest absolute Gasteiger partial charge is 0.480 e. The van der Waals surface area contributed by atoms with Gasteiger partial charge in [0.25, 0.3) is 0 Å².